The number of rotatable bonds is 2. The summed E-state index contributed by atoms with van der Waals surface area (Å²) in [7, 11) is 0. The lowest BCUT2D eigenvalue weighted by atomic mass is 10.1. The third-order valence-corrected chi connectivity index (χ3v) is 6.94. The molecule has 3 aromatic heterocycles. The van der Waals surface area contributed by atoms with Gasteiger partial charge in [-0.2, -0.15) is 0 Å². The number of allylic oxidation sites excluding steroid dienone is 1. The van der Waals surface area contributed by atoms with Crippen molar-refractivity contribution >= 4 is 61.8 Å². The van der Waals surface area contributed by atoms with Crippen molar-refractivity contribution in [2.45, 2.75) is 6.92 Å². The van der Waals surface area contributed by atoms with Crippen molar-refractivity contribution in [1.29, 1.82) is 0 Å². The van der Waals surface area contributed by atoms with E-state index in [0.717, 1.165) is 31.9 Å². The van der Waals surface area contributed by atoms with Gasteiger partial charge in [-0.1, -0.05) is 29.8 Å². The summed E-state index contributed by atoms with van der Waals surface area (Å²) >= 11 is 7.67. The smallest absolute Gasteiger partial charge is 0.197 e. The molecule has 31 heavy (non-hydrogen) atoms. The van der Waals surface area contributed by atoms with Gasteiger partial charge in [0.1, 0.15) is 22.7 Å². The molecule has 0 fully saturated rings. The molecule has 150 valence electrons. The van der Waals surface area contributed by atoms with Crippen LogP contribution in [0.15, 0.2) is 69.0 Å². The van der Waals surface area contributed by atoms with Crippen molar-refractivity contribution in [3.63, 3.8) is 0 Å². The second-order valence-electron chi connectivity index (χ2n) is 7.50. The number of fused-ring (bicyclic) bond motifs is 3. The van der Waals surface area contributed by atoms with Crippen LogP contribution in [0.2, 0.25) is 5.02 Å². The van der Waals surface area contributed by atoms with Crippen LogP contribution in [0.4, 0.5) is 0 Å². The van der Waals surface area contributed by atoms with Gasteiger partial charge in [0.15, 0.2) is 11.6 Å². The quantitative estimate of drug-likeness (QED) is 0.211. The Hall–Kier alpha value is -3.41. The number of furan rings is 2. The fourth-order valence-electron chi connectivity index (χ4n) is 3.87. The lowest BCUT2D eigenvalue weighted by Crippen LogP contribution is -1.99. The molecule has 0 unspecified atom stereocenters. The van der Waals surface area contributed by atoms with E-state index in [1.807, 2.05) is 49.4 Å². The van der Waals surface area contributed by atoms with Gasteiger partial charge in [-0.05, 0) is 42.8 Å². The van der Waals surface area contributed by atoms with Crippen LogP contribution >= 0.6 is 22.9 Å². The standard InChI is InChI=1S/C25H13ClO4S/c1-12-6-15-16(10-18(12)26)25(28)17(24(15)27)8-14-9-22-21(29-14)11-23(31-22)20-7-13-4-2-3-5-19(13)30-20/h2-11H,1H3/b17-8+. The van der Waals surface area contributed by atoms with E-state index in [9.17, 15) is 9.59 Å². The first kappa shape index (κ1) is 18.4. The third-order valence-electron chi connectivity index (χ3n) is 5.46. The molecule has 0 aliphatic heterocycles. The molecule has 1 aliphatic rings. The van der Waals surface area contributed by atoms with Gasteiger partial charge in [0.2, 0.25) is 0 Å². The van der Waals surface area contributed by atoms with Crippen LogP contribution in [0.3, 0.4) is 0 Å². The predicted molar refractivity (Wildman–Crippen MR) is 122 cm³/mol. The van der Waals surface area contributed by atoms with Gasteiger partial charge in [-0.25, -0.2) is 0 Å². The maximum atomic E-state index is 12.8. The van der Waals surface area contributed by atoms with Crippen molar-refractivity contribution in [2.75, 3.05) is 0 Å². The fourth-order valence-corrected chi connectivity index (χ4v) is 5.02. The van der Waals surface area contributed by atoms with E-state index in [2.05, 4.69) is 0 Å². The summed E-state index contributed by atoms with van der Waals surface area (Å²) < 4.78 is 12.8. The molecule has 0 bridgehead atoms. The summed E-state index contributed by atoms with van der Waals surface area (Å²) in [4.78, 5) is 26.5. The molecule has 0 atom stereocenters. The van der Waals surface area contributed by atoms with Gasteiger partial charge in [0.25, 0.3) is 0 Å². The Morgan fingerprint density at radius 2 is 1.68 bits per heavy atom. The van der Waals surface area contributed by atoms with E-state index in [0.29, 0.717) is 27.5 Å². The number of para-hydroxylation sites is 1. The first-order valence-corrected chi connectivity index (χ1v) is 10.8. The van der Waals surface area contributed by atoms with Crippen LogP contribution in [0.25, 0.3) is 38.0 Å². The SMILES string of the molecule is Cc1cc2c(cc1Cl)C(=O)/C(=C/c1cc3sc(-c4cc5ccccc5o4)cc3o1)C2=O. The monoisotopic (exact) mass is 444 g/mol. The predicted octanol–water partition coefficient (Wildman–Crippen LogP) is 7.33. The highest BCUT2D eigenvalue weighted by Crippen LogP contribution is 2.39. The number of aryl methyl sites for hydroxylation is 1. The molecule has 0 amide bonds. The van der Waals surface area contributed by atoms with Crippen molar-refractivity contribution < 1.29 is 18.4 Å². The Balaban J connectivity index is 1.37. The number of Topliss-reactive ketones (excluding diaryl/α,β-unsaturated/α-hetero) is 2. The van der Waals surface area contributed by atoms with E-state index in [1.54, 1.807) is 12.1 Å². The van der Waals surface area contributed by atoms with Crippen molar-refractivity contribution in [3.8, 4) is 10.6 Å². The number of benzene rings is 2. The van der Waals surface area contributed by atoms with Crippen LogP contribution in [0.5, 0.6) is 0 Å². The normalized spacial score (nSPS) is 15.0. The van der Waals surface area contributed by atoms with Gasteiger partial charge < -0.3 is 8.83 Å². The third kappa shape index (κ3) is 2.81. The van der Waals surface area contributed by atoms with Crippen molar-refractivity contribution in [3.05, 3.63) is 87.6 Å². The minimum Gasteiger partial charge on any atom is -0.456 e. The molecule has 0 spiro atoms. The summed E-state index contributed by atoms with van der Waals surface area (Å²) in [5, 5.41) is 1.51. The van der Waals surface area contributed by atoms with Crippen molar-refractivity contribution in [2.24, 2.45) is 0 Å². The van der Waals surface area contributed by atoms with E-state index >= 15 is 0 Å². The number of thiophene rings is 1. The second-order valence-corrected chi connectivity index (χ2v) is 8.99. The first-order chi connectivity index (χ1) is 15.0. The Labute approximate surface area is 185 Å². The Bertz CT molecular complexity index is 1490. The van der Waals surface area contributed by atoms with E-state index in [1.165, 1.54) is 17.4 Å². The molecular weight excluding hydrogens is 432 g/mol. The van der Waals surface area contributed by atoms with Crippen LogP contribution in [0, 0.1) is 6.92 Å². The maximum absolute atomic E-state index is 12.8. The largest absolute Gasteiger partial charge is 0.456 e. The molecule has 1 aliphatic carbocycles. The average molecular weight is 445 g/mol. The second kappa shape index (κ2) is 6.54. The highest BCUT2D eigenvalue weighted by molar-refractivity contribution is 7.22. The van der Waals surface area contributed by atoms with Crippen LogP contribution in [-0.2, 0) is 0 Å². The first-order valence-electron chi connectivity index (χ1n) is 9.61. The molecule has 2 aromatic carbocycles. The number of hydrogen-bond donors (Lipinski definition) is 0. The van der Waals surface area contributed by atoms with Crippen molar-refractivity contribution in [1.82, 2.24) is 0 Å². The number of carbonyl (C=O) groups excluding carboxylic acids is 2. The zero-order chi connectivity index (χ0) is 21.3. The Morgan fingerprint density at radius 1 is 0.903 bits per heavy atom. The van der Waals surface area contributed by atoms with Gasteiger partial charge in [-0.3, -0.25) is 9.59 Å². The molecule has 4 nitrogen and oxygen atoms in total. The highest BCUT2D eigenvalue weighted by Gasteiger charge is 2.34. The maximum Gasteiger partial charge on any atom is 0.197 e. The number of carbonyl (C=O) groups is 2. The average Bonchev–Trinajstić information content (AvgIpc) is 3.48. The van der Waals surface area contributed by atoms with Crippen LogP contribution < -0.4 is 0 Å². The summed E-state index contributed by atoms with van der Waals surface area (Å²) in [5.41, 5.74) is 3.10. The Morgan fingerprint density at radius 3 is 2.45 bits per heavy atom. The number of hydrogen-bond acceptors (Lipinski definition) is 5. The molecule has 0 saturated heterocycles. The van der Waals surface area contributed by atoms with Crippen LogP contribution in [0.1, 0.15) is 32.0 Å². The minimum absolute atomic E-state index is 0.0931. The summed E-state index contributed by atoms with van der Waals surface area (Å²) in [6, 6.07) is 16.8. The zero-order valence-corrected chi connectivity index (χ0v) is 17.8. The minimum atomic E-state index is -0.329. The Kier molecular flexibility index (Phi) is 3.88. The summed E-state index contributed by atoms with van der Waals surface area (Å²) in [6.07, 6.45) is 1.52. The lowest BCUT2D eigenvalue weighted by molar-refractivity contribution is 0.0990. The van der Waals surface area contributed by atoms with E-state index in [4.69, 9.17) is 20.4 Å². The van der Waals surface area contributed by atoms with E-state index < -0.39 is 0 Å². The molecule has 6 heteroatoms. The van der Waals surface area contributed by atoms with Gasteiger partial charge >= 0.3 is 0 Å². The highest BCUT2D eigenvalue weighted by atomic mass is 35.5. The molecule has 0 N–H and O–H groups in total. The molecular formula is C25H13ClO4S. The fraction of sp³-hybridized carbons (Fsp3) is 0.0400. The summed E-state index contributed by atoms with van der Waals surface area (Å²) in [5.74, 6) is 0.609. The summed E-state index contributed by atoms with van der Waals surface area (Å²) in [6.45, 7) is 1.81. The molecule has 0 saturated carbocycles. The molecule has 5 aromatic rings. The molecule has 0 radical (unpaired) electrons. The molecule has 6 rings (SSSR count). The van der Waals surface area contributed by atoms with E-state index in [-0.39, 0.29) is 17.1 Å². The van der Waals surface area contributed by atoms with Gasteiger partial charge in [0, 0.05) is 33.7 Å². The topological polar surface area (TPSA) is 60.4 Å². The van der Waals surface area contributed by atoms with Gasteiger partial charge in [-0.15, -0.1) is 11.3 Å². The van der Waals surface area contributed by atoms with Gasteiger partial charge in [0.05, 0.1) is 15.2 Å². The number of ketones is 2. The van der Waals surface area contributed by atoms with Crippen LogP contribution in [-0.4, -0.2) is 11.6 Å². The zero-order valence-electron chi connectivity index (χ0n) is 16.2. The number of halogens is 1. The lowest BCUT2D eigenvalue weighted by Gasteiger charge is -2.00. The molecule has 3 heterocycles.